The molecule has 1 aromatic heterocycles. The zero-order valence-corrected chi connectivity index (χ0v) is 22.6. The number of ether oxygens (including phenoxy) is 1. The molecule has 0 saturated carbocycles. The lowest BCUT2D eigenvalue weighted by atomic mass is 9.94. The Bertz CT molecular complexity index is 1670. The van der Waals surface area contributed by atoms with Crippen LogP contribution in [0.1, 0.15) is 35.2 Å². The third-order valence-electron chi connectivity index (χ3n) is 6.69. The van der Waals surface area contributed by atoms with Crippen LogP contribution in [-0.2, 0) is 21.8 Å². The van der Waals surface area contributed by atoms with Crippen LogP contribution < -0.4 is 9.64 Å². The number of nitrogens with zero attached hydrogens (tertiary/aromatic N) is 3. The van der Waals surface area contributed by atoms with E-state index in [0.29, 0.717) is 27.8 Å². The third-order valence-corrected chi connectivity index (χ3v) is 8.82. The number of aliphatic hydroxyl groups is 1. The van der Waals surface area contributed by atoms with Gasteiger partial charge in [0.1, 0.15) is 35.3 Å². The van der Waals surface area contributed by atoms with Crippen molar-refractivity contribution in [3.05, 3.63) is 106 Å². The highest BCUT2D eigenvalue weighted by atomic mass is 32.2. The number of fused-ring (bicyclic) bond motifs is 1. The van der Waals surface area contributed by atoms with Crippen LogP contribution in [0.15, 0.2) is 76.6 Å². The fourth-order valence-electron chi connectivity index (χ4n) is 4.83. The van der Waals surface area contributed by atoms with Crippen LogP contribution in [0.5, 0.6) is 5.75 Å². The van der Waals surface area contributed by atoms with Gasteiger partial charge in [0.15, 0.2) is 4.34 Å². The summed E-state index contributed by atoms with van der Waals surface area (Å²) in [5.41, 5.74) is 1.85. The maximum absolute atomic E-state index is 15.2. The van der Waals surface area contributed by atoms with E-state index < -0.39 is 29.3 Å². The highest BCUT2D eigenvalue weighted by molar-refractivity contribution is 8.00. The molecule has 0 bridgehead atoms. The van der Waals surface area contributed by atoms with Gasteiger partial charge in [0.25, 0.3) is 5.78 Å². The zero-order valence-electron chi connectivity index (χ0n) is 21.0. The summed E-state index contributed by atoms with van der Waals surface area (Å²) in [6.07, 6.45) is 0.605. The average molecular weight is 578 g/mol. The number of aliphatic hydroxyl groups excluding tert-OH is 1. The number of benzene rings is 3. The minimum atomic E-state index is -1.26. The monoisotopic (exact) mass is 577 g/mol. The number of amides is 1. The number of Topliss-reactive ketones (excluding diaryl/α,β-unsaturated/α-hetero) is 1. The fourth-order valence-corrected chi connectivity index (χ4v) is 6.65. The molecule has 1 fully saturated rings. The van der Waals surface area contributed by atoms with Crippen molar-refractivity contribution < 1.29 is 28.2 Å². The molecule has 7 nitrogen and oxygen atoms in total. The summed E-state index contributed by atoms with van der Waals surface area (Å²) in [5.74, 6) is -2.12. The van der Waals surface area contributed by atoms with E-state index >= 15 is 4.39 Å². The molecule has 0 unspecified atom stereocenters. The topological polar surface area (TPSA) is 92.6 Å². The molecule has 3 aromatic carbocycles. The molecule has 4 aromatic rings. The normalized spacial score (nSPS) is 19.6. The SMILES string of the molecule is C[C@@H]1Cc2cc(C(O)=C3C(=O)C(=O)N(c4nnc(SCc5ccc(F)cc5)s4)[C@@H]3c3ccccc3F)ccc2O1. The van der Waals surface area contributed by atoms with Gasteiger partial charge in [-0.25, -0.2) is 8.78 Å². The summed E-state index contributed by atoms with van der Waals surface area (Å²) in [6.45, 7) is 1.93. The Labute approximate surface area is 236 Å². The first-order valence-corrected chi connectivity index (χ1v) is 14.2. The molecule has 40 heavy (non-hydrogen) atoms. The lowest BCUT2D eigenvalue weighted by Crippen LogP contribution is -2.29. The van der Waals surface area contributed by atoms with Gasteiger partial charge in [0.05, 0.1) is 5.57 Å². The Kier molecular flexibility index (Phi) is 6.85. The van der Waals surface area contributed by atoms with Crippen LogP contribution in [0.4, 0.5) is 13.9 Å². The molecule has 1 N–H and O–H groups in total. The minimum Gasteiger partial charge on any atom is -0.507 e. The lowest BCUT2D eigenvalue weighted by molar-refractivity contribution is -0.132. The number of carbonyl (C=O) groups is 2. The predicted molar refractivity (Wildman–Crippen MR) is 147 cm³/mol. The van der Waals surface area contributed by atoms with E-state index in [1.54, 1.807) is 36.4 Å². The van der Waals surface area contributed by atoms with Crippen molar-refractivity contribution in [2.75, 3.05) is 4.90 Å². The molecule has 0 radical (unpaired) electrons. The van der Waals surface area contributed by atoms with Crippen LogP contribution in [-0.4, -0.2) is 33.1 Å². The Morgan fingerprint density at radius 3 is 2.65 bits per heavy atom. The number of aromatic nitrogens is 2. The Balaban J connectivity index is 1.39. The number of hydrogen-bond acceptors (Lipinski definition) is 8. The fraction of sp³-hybridized carbons (Fsp3) is 0.172. The summed E-state index contributed by atoms with van der Waals surface area (Å²) in [6, 6.07) is 15.6. The van der Waals surface area contributed by atoms with Crippen LogP contribution in [0.3, 0.4) is 0 Å². The van der Waals surface area contributed by atoms with Gasteiger partial charge in [-0.2, -0.15) is 0 Å². The third kappa shape index (κ3) is 4.75. The molecular formula is C29H21F2N3O4S2. The number of halogens is 2. The molecular weight excluding hydrogens is 556 g/mol. The molecule has 3 heterocycles. The van der Waals surface area contributed by atoms with Crippen LogP contribution in [0, 0.1) is 11.6 Å². The number of carbonyl (C=O) groups excluding carboxylic acids is 2. The van der Waals surface area contributed by atoms with Gasteiger partial charge in [-0.3, -0.25) is 14.5 Å². The molecule has 11 heteroatoms. The summed E-state index contributed by atoms with van der Waals surface area (Å²) in [7, 11) is 0. The molecule has 1 saturated heterocycles. The van der Waals surface area contributed by atoms with Crippen molar-refractivity contribution in [2.24, 2.45) is 0 Å². The largest absolute Gasteiger partial charge is 0.507 e. The van der Waals surface area contributed by atoms with Gasteiger partial charge in [-0.1, -0.05) is 53.4 Å². The van der Waals surface area contributed by atoms with E-state index in [4.69, 9.17) is 4.74 Å². The molecule has 6 rings (SSSR count). The van der Waals surface area contributed by atoms with Gasteiger partial charge in [0, 0.05) is 23.3 Å². The summed E-state index contributed by atoms with van der Waals surface area (Å²) >= 11 is 2.39. The predicted octanol–water partition coefficient (Wildman–Crippen LogP) is 6.06. The summed E-state index contributed by atoms with van der Waals surface area (Å²) in [5, 5.41) is 19.7. The van der Waals surface area contributed by atoms with Gasteiger partial charge in [-0.05, 0) is 54.4 Å². The molecule has 0 spiro atoms. The number of rotatable bonds is 6. The Morgan fingerprint density at radius 1 is 1.10 bits per heavy atom. The van der Waals surface area contributed by atoms with E-state index in [2.05, 4.69) is 10.2 Å². The second-order valence-electron chi connectivity index (χ2n) is 9.41. The Hall–Kier alpha value is -4.09. The summed E-state index contributed by atoms with van der Waals surface area (Å²) in [4.78, 5) is 27.9. The van der Waals surface area contributed by atoms with Crippen molar-refractivity contribution in [3.8, 4) is 5.75 Å². The highest BCUT2D eigenvalue weighted by Gasteiger charge is 2.49. The van der Waals surface area contributed by atoms with Crippen LogP contribution >= 0.6 is 23.1 Å². The minimum absolute atomic E-state index is 0.0242. The van der Waals surface area contributed by atoms with Crippen molar-refractivity contribution in [1.82, 2.24) is 10.2 Å². The molecule has 0 aliphatic carbocycles. The van der Waals surface area contributed by atoms with E-state index in [-0.39, 0.29) is 28.2 Å². The average Bonchev–Trinajstić information content (AvgIpc) is 3.63. The summed E-state index contributed by atoms with van der Waals surface area (Å²) < 4.78 is 34.6. The van der Waals surface area contributed by atoms with Gasteiger partial charge < -0.3 is 9.84 Å². The van der Waals surface area contributed by atoms with Crippen molar-refractivity contribution in [1.29, 1.82) is 0 Å². The first-order chi connectivity index (χ1) is 19.3. The highest BCUT2D eigenvalue weighted by Crippen LogP contribution is 2.45. The quantitative estimate of drug-likeness (QED) is 0.0980. The molecule has 202 valence electrons. The van der Waals surface area contributed by atoms with Crippen molar-refractivity contribution in [3.63, 3.8) is 0 Å². The smallest absolute Gasteiger partial charge is 0.301 e. The standard InChI is InChI=1S/C29H21F2N3O4S2/c1-15-12-18-13-17(8-11-22(18)38-15)25(35)23-24(20-4-2-3-5-21(20)31)34(27(37)26(23)36)28-32-33-29(40-28)39-14-16-6-9-19(30)10-7-16/h2-11,13,15,24,35H,12,14H2,1H3/t15-,24-/m1/s1. The molecule has 2 aliphatic heterocycles. The second kappa shape index (κ2) is 10.5. The van der Waals surface area contributed by atoms with Crippen LogP contribution in [0.25, 0.3) is 5.76 Å². The zero-order chi connectivity index (χ0) is 28.0. The van der Waals surface area contributed by atoms with Crippen molar-refractivity contribution in [2.45, 2.75) is 35.6 Å². The number of thioether (sulfide) groups is 1. The van der Waals surface area contributed by atoms with Crippen molar-refractivity contribution >= 4 is 45.7 Å². The van der Waals surface area contributed by atoms with Gasteiger partial charge in [-0.15, -0.1) is 10.2 Å². The van der Waals surface area contributed by atoms with E-state index in [0.717, 1.165) is 27.4 Å². The first-order valence-electron chi connectivity index (χ1n) is 12.4. The van der Waals surface area contributed by atoms with Gasteiger partial charge in [0.2, 0.25) is 5.13 Å². The first kappa shape index (κ1) is 26.1. The van der Waals surface area contributed by atoms with E-state index in [1.165, 1.54) is 42.1 Å². The molecule has 2 aliphatic rings. The maximum atomic E-state index is 15.2. The van der Waals surface area contributed by atoms with Gasteiger partial charge >= 0.3 is 5.91 Å². The number of ketones is 1. The number of anilines is 1. The maximum Gasteiger partial charge on any atom is 0.301 e. The second-order valence-corrected chi connectivity index (χ2v) is 11.6. The Morgan fingerprint density at radius 2 is 1.88 bits per heavy atom. The van der Waals surface area contributed by atoms with E-state index in [1.807, 2.05) is 6.92 Å². The molecule has 2 atom stereocenters. The lowest BCUT2D eigenvalue weighted by Gasteiger charge is -2.22. The molecule has 1 amide bonds. The van der Waals surface area contributed by atoms with E-state index in [9.17, 15) is 19.1 Å². The number of hydrogen-bond donors (Lipinski definition) is 1. The van der Waals surface area contributed by atoms with Crippen LogP contribution in [0.2, 0.25) is 0 Å².